The molecule has 1 fully saturated rings. The van der Waals surface area contributed by atoms with Gasteiger partial charge >= 0.3 is 6.01 Å². The number of benzene rings is 1. The number of hydrogen-bond donors (Lipinski definition) is 2. The van der Waals surface area contributed by atoms with Crippen molar-refractivity contribution in [2.75, 3.05) is 43.4 Å². The first kappa shape index (κ1) is 21.3. The summed E-state index contributed by atoms with van der Waals surface area (Å²) in [6, 6.07) is 10.2. The summed E-state index contributed by atoms with van der Waals surface area (Å²) in [7, 11) is 2.13. The number of nitrogens with zero attached hydrogens (tertiary/aromatic N) is 5. The molecule has 4 heterocycles. The third kappa shape index (κ3) is 4.49. The molecule has 3 aromatic heterocycles. The van der Waals surface area contributed by atoms with E-state index in [1.54, 1.807) is 0 Å². The number of H-pyrrole nitrogens is 1. The van der Waals surface area contributed by atoms with Crippen LogP contribution in [0.1, 0.15) is 23.9 Å². The number of piperazine rings is 1. The Morgan fingerprint density at radius 1 is 1.09 bits per heavy atom. The standard InChI is InChI=1S/C24H29N7O2/c1-5-17-13-23(33-29-17)26-21-14-22(31-10-8-30(4)9-11-31)28-24(27-21)32-20-7-6-19-18(16(20)3)12-15(2)25-19/h6-7,12-14,25H,5,8-11H2,1-4H3,(H,26,27,28). The summed E-state index contributed by atoms with van der Waals surface area (Å²) >= 11 is 0. The molecule has 0 saturated carbocycles. The van der Waals surface area contributed by atoms with Gasteiger partial charge in [-0.1, -0.05) is 12.1 Å². The van der Waals surface area contributed by atoms with Crippen LogP contribution in [0.15, 0.2) is 34.9 Å². The predicted octanol–water partition coefficient (Wildman–Crippen LogP) is 4.41. The highest BCUT2D eigenvalue weighted by Gasteiger charge is 2.19. The van der Waals surface area contributed by atoms with E-state index in [4.69, 9.17) is 14.2 Å². The van der Waals surface area contributed by atoms with Crippen LogP contribution >= 0.6 is 0 Å². The summed E-state index contributed by atoms with van der Waals surface area (Å²) in [4.78, 5) is 17.3. The Bertz CT molecular complexity index is 1270. The lowest BCUT2D eigenvalue weighted by atomic mass is 10.1. The molecule has 0 bridgehead atoms. The fraction of sp³-hybridized carbons (Fsp3) is 0.375. The van der Waals surface area contributed by atoms with Crippen molar-refractivity contribution in [3.05, 3.63) is 47.3 Å². The van der Waals surface area contributed by atoms with Gasteiger partial charge in [-0.2, -0.15) is 9.97 Å². The highest BCUT2D eigenvalue weighted by Crippen LogP contribution is 2.32. The van der Waals surface area contributed by atoms with Crippen LogP contribution in [0, 0.1) is 13.8 Å². The van der Waals surface area contributed by atoms with Crippen molar-refractivity contribution in [2.45, 2.75) is 27.2 Å². The summed E-state index contributed by atoms with van der Waals surface area (Å²) in [5, 5.41) is 8.40. The average Bonchev–Trinajstić information content (AvgIpc) is 3.42. The number of anilines is 3. The van der Waals surface area contributed by atoms with Gasteiger partial charge in [-0.05, 0) is 45.5 Å². The summed E-state index contributed by atoms with van der Waals surface area (Å²) < 4.78 is 11.6. The van der Waals surface area contributed by atoms with Crippen molar-refractivity contribution in [3.63, 3.8) is 0 Å². The Morgan fingerprint density at radius 3 is 2.67 bits per heavy atom. The van der Waals surface area contributed by atoms with Crippen LogP contribution in [0.2, 0.25) is 0 Å². The molecule has 0 amide bonds. The van der Waals surface area contributed by atoms with Crippen molar-refractivity contribution in [3.8, 4) is 11.8 Å². The smallest absolute Gasteiger partial charge is 0.325 e. The summed E-state index contributed by atoms with van der Waals surface area (Å²) in [5.41, 5.74) is 4.13. The minimum Gasteiger partial charge on any atom is -0.424 e. The lowest BCUT2D eigenvalue weighted by molar-refractivity contribution is 0.311. The van der Waals surface area contributed by atoms with E-state index in [0.717, 1.165) is 72.0 Å². The Balaban J connectivity index is 1.48. The van der Waals surface area contributed by atoms with Crippen LogP contribution in [-0.2, 0) is 6.42 Å². The van der Waals surface area contributed by atoms with Gasteiger partial charge in [0.25, 0.3) is 0 Å². The molecule has 2 N–H and O–H groups in total. The van der Waals surface area contributed by atoms with E-state index in [9.17, 15) is 0 Å². The lowest BCUT2D eigenvalue weighted by Gasteiger charge is -2.33. The zero-order chi connectivity index (χ0) is 22.9. The monoisotopic (exact) mass is 447 g/mol. The topological polar surface area (TPSA) is 95.3 Å². The molecule has 0 aliphatic carbocycles. The molecule has 1 aliphatic rings. The van der Waals surface area contributed by atoms with Crippen LogP contribution in [0.5, 0.6) is 11.8 Å². The molecule has 1 aromatic carbocycles. The second-order valence-corrected chi connectivity index (χ2v) is 8.55. The second-order valence-electron chi connectivity index (χ2n) is 8.55. The van der Waals surface area contributed by atoms with Crippen molar-refractivity contribution in [1.82, 2.24) is 25.0 Å². The third-order valence-electron chi connectivity index (χ3n) is 6.05. The second kappa shape index (κ2) is 8.74. The van der Waals surface area contributed by atoms with Crippen LogP contribution in [0.4, 0.5) is 17.5 Å². The largest absolute Gasteiger partial charge is 0.424 e. The molecule has 1 aliphatic heterocycles. The SMILES string of the molecule is CCc1cc(Nc2cc(N3CCN(C)CC3)nc(Oc3ccc4[nH]c(C)cc4c3C)n2)on1. The van der Waals surface area contributed by atoms with E-state index in [0.29, 0.717) is 17.7 Å². The maximum Gasteiger partial charge on any atom is 0.325 e. The Labute approximate surface area is 192 Å². The van der Waals surface area contributed by atoms with Gasteiger partial charge in [0.2, 0.25) is 5.88 Å². The van der Waals surface area contributed by atoms with Crippen LogP contribution in [0.25, 0.3) is 10.9 Å². The van der Waals surface area contributed by atoms with Gasteiger partial charge in [-0.15, -0.1) is 0 Å². The molecule has 1 saturated heterocycles. The van der Waals surface area contributed by atoms with Gasteiger partial charge in [0.05, 0.1) is 5.69 Å². The average molecular weight is 448 g/mol. The normalized spacial score (nSPS) is 14.7. The van der Waals surface area contributed by atoms with E-state index in [1.165, 1.54) is 0 Å². The quantitative estimate of drug-likeness (QED) is 0.449. The van der Waals surface area contributed by atoms with Gasteiger partial charge in [-0.25, -0.2) is 0 Å². The van der Waals surface area contributed by atoms with Gasteiger partial charge in [-0.3, -0.25) is 0 Å². The third-order valence-corrected chi connectivity index (χ3v) is 6.05. The molecule has 0 atom stereocenters. The number of nitrogens with one attached hydrogen (secondary N) is 2. The van der Waals surface area contributed by atoms with Gasteiger partial charge in [0.15, 0.2) is 0 Å². The molecule has 0 radical (unpaired) electrons. The fourth-order valence-electron chi connectivity index (χ4n) is 4.06. The molecule has 0 unspecified atom stereocenters. The molecule has 33 heavy (non-hydrogen) atoms. The zero-order valence-corrected chi connectivity index (χ0v) is 19.5. The molecule has 9 heteroatoms. The molecule has 0 spiro atoms. The number of aromatic nitrogens is 4. The van der Waals surface area contributed by atoms with Gasteiger partial charge in [0, 0.05) is 60.5 Å². The summed E-state index contributed by atoms with van der Waals surface area (Å²) in [5.74, 6) is 2.70. The number of rotatable bonds is 6. The van der Waals surface area contributed by atoms with E-state index in [1.807, 2.05) is 38.1 Å². The molecule has 9 nitrogen and oxygen atoms in total. The van der Waals surface area contributed by atoms with E-state index in [2.05, 4.69) is 50.3 Å². The first-order chi connectivity index (χ1) is 16.0. The zero-order valence-electron chi connectivity index (χ0n) is 19.5. The number of likely N-dealkylation sites (N-methyl/N-ethyl adjacent to an activating group) is 1. The molecule has 5 rings (SSSR count). The Morgan fingerprint density at radius 2 is 1.91 bits per heavy atom. The first-order valence-corrected chi connectivity index (χ1v) is 11.3. The number of fused-ring (bicyclic) bond motifs is 1. The van der Waals surface area contributed by atoms with E-state index in [-0.39, 0.29) is 0 Å². The maximum atomic E-state index is 6.22. The maximum absolute atomic E-state index is 6.22. The van der Waals surface area contributed by atoms with Crippen LogP contribution in [0.3, 0.4) is 0 Å². The van der Waals surface area contributed by atoms with Crippen LogP contribution in [-0.4, -0.2) is 58.2 Å². The molecular weight excluding hydrogens is 418 g/mol. The van der Waals surface area contributed by atoms with Crippen molar-refractivity contribution in [1.29, 1.82) is 0 Å². The van der Waals surface area contributed by atoms with E-state index >= 15 is 0 Å². The number of aryl methyl sites for hydroxylation is 3. The minimum atomic E-state index is 0.291. The van der Waals surface area contributed by atoms with Gasteiger partial charge in [0.1, 0.15) is 17.4 Å². The van der Waals surface area contributed by atoms with Crippen LogP contribution < -0.4 is 15.0 Å². The molecule has 4 aromatic rings. The predicted molar refractivity (Wildman–Crippen MR) is 129 cm³/mol. The van der Waals surface area contributed by atoms with Crippen molar-refractivity contribution >= 4 is 28.4 Å². The minimum absolute atomic E-state index is 0.291. The summed E-state index contributed by atoms with van der Waals surface area (Å²) in [6.07, 6.45) is 0.802. The number of ether oxygens (including phenoxy) is 1. The van der Waals surface area contributed by atoms with E-state index < -0.39 is 0 Å². The highest BCUT2D eigenvalue weighted by molar-refractivity contribution is 5.86. The van der Waals surface area contributed by atoms with Crippen molar-refractivity contribution in [2.24, 2.45) is 0 Å². The molecular formula is C24H29N7O2. The number of hydrogen-bond acceptors (Lipinski definition) is 8. The number of aromatic amines is 1. The lowest BCUT2D eigenvalue weighted by Crippen LogP contribution is -2.44. The van der Waals surface area contributed by atoms with Gasteiger partial charge < -0.3 is 29.4 Å². The summed E-state index contributed by atoms with van der Waals surface area (Å²) in [6.45, 7) is 9.88. The van der Waals surface area contributed by atoms with Crippen molar-refractivity contribution < 1.29 is 9.26 Å². The Hall–Kier alpha value is -3.59. The molecule has 172 valence electrons. The first-order valence-electron chi connectivity index (χ1n) is 11.3. The highest BCUT2D eigenvalue weighted by atomic mass is 16.5. The fourth-order valence-corrected chi connectivity index (χ4v) is 4.06. The Kier molecular flexibility index (Phi) is 5.63.